The molecule has 0 aromatic heterocycles. The molecule has 1 N–H and O–H groups in total. The topological polar surface area (TPSA) is 50.8 Å². The molecule has 208 valence electrons. The summed E-state index contributed by atoms with van der Waals surface area (Å²) in [5.74, 6) is 0. The van der Waals surface area contributed by atoms with E-state index in [1.165, 1.54) is 6.92 Å². The molecule has 0 saturated carbocycles. The Morgan fingerprint density at radius 3 is 2.16 bits per heavy atom. The van der Waals surface area contributed by atoms with Gasteiger partial charge in [-0.2, -0.15) is 26.3 Å². The molecule has 2 aromatic carbocycles. The maximum absolute atomic E-state index is 13.3. The zero-order valence-electron chi connectivity index (χ0n) is 20.9. The molecule has 2 fully saturated rings. The molecule has 0 aliphatic carbocycles. The Kier molecular flexibility index (Phi) is 8.27. The van der Waals surface area contributed by atoms with Gasteiger partial charge in [-0.05, 0) is 61.9 Å². The van der Waals surface area contributed by atoms with Crippen molar-refractivity contribution in [2.45, 2.75) is 62.7 Å². The Hall–Kier alpha value is -2.79. The number of nitrogens with zero attached hydrogens (tertiary/aromatic N) is 1. The van der Waals surface area contributed by atoms with E-state index in [2.05, 4.69) is 5.32 Å². The summed E-state index contributed by atoms with van der Waals surface area (Å²) in [6, 6.07) is 10.8. The van der Waals surface area contributed by atoms with Gasteiger partial charge in [0.25, 0.3) is 0 Å². The molecule has 1 amide bonds. The summed E-state index contributed by atoms with van der Waals surface area (Å²) in [6.07, 6.45) is -8.75. The third-order valence-corrected chi connectivity index (χ3v) is 7.18. The van der Waals surface area contributed by atoms with Crippen molar-refractivity contribution < 1.29 is 40.6 Å². The number of amides is 1. The average molecular weight is 545 g/mol. The van der Waals surface area contributed by atoms with Crippen LogP contribution in [0.4, 0.5) is 31.1 Å². The number of rotatable bonds is 6. The first-order chi connectivity index (χ1) is 17.9. The van der Waals surface area contributed by atoms with E-state index in [-0.39, 0.29) is 30.4 Å². The fourth-order valence-corrected chi connectivity index (χ4v) is 4.91. The van der Waals surface area contributed by atoms with Gasteiger partial charge in [0, 0.05) is 19.6 Å². The van der Waals surface area contributed by atoms with Crippen LogP contribution in [0, 0.1) is 0 Å². The average Bonchev–Trinajstić information content (AvgIpc) is 3.43. The van der Waals surface area contributed by atoms with Crippen molar-refractivity contribution >= 4 is 6.09 Å². The monoisotopic (exact) mass is 544 g/mol. The molecule has 3 unspecified atom stereocenters. The summed E-state index contributed by atoms with van der Waals surface area (Å²) >= 11 is 0. The number of carbonyl (C=O) groups is 1. The number of benzene rings is 2. The SMILES string of the molecule is CC(OCC1(c2ccccc2)CCC(OC(=O)N2CCCC2)CN1)c1cc(C(F)(F)F)cc(C(F)(F)F)c1. The number of ether oxygens (including phenoxy) is 2. The van der Waals surface area contributed by atoms with E-state index in [1.54, 1.807) is 4.90 Å². The van der Waals surface area contributed by atoms with E-state index in [0.717, 1.165) is 18.4 Å². The van der Waals surface area contributed by atoms with Crippen molar-refractivity contribution in [2.24, 2.45) is 0 Å². The Morgan fingerprint density at radius 1 is 1.03 bits per heavy atom. The summed E-state index contributed by atoms with van der Waals surface area (Å²) in [6.45, 7) is 3.09. The Morgan fingerprint density at radius 2 is 1.63 bits per heavy atom. The molecule has 2 aliphatic rings. The molecule has 5 nitrogen and oxygen atoms in total. The minimum atomic E-state index is -4.94. The zero-order chi connectivity index (χ0) is 27.6. The molecule has 0 spiro atoms. The number of likely N-dealkylation sites (tertiary alicyclic amines) is 1. The van der Waals surface area contributed by atoms with E-state index in [1.807, 2.05) is 30.3 Å². The lowest BCUT2D eigenvalue weighted by molar-refractivity contribution is -0.143. The minimum absolute atomic E-state index is 0.0113. The molecule has 0 bridgehead atoms. The molecular formula is C27H30F6N2O3. The van der Waals surface area contributed by atoms with Crippen molar-refractivity contribution in [1.29, 1.82) is 0 Å². The van der Waals surface area contributed by atoms with Gasteiger partial charge in [0.15, 0.2) is 0 Å². The van der Waals surface area contributed by atoms with Crippen LogP contribution in [0.15, 0.2) is 48.5 Å². The second-order valence-electron chi connectivity index (χ2n) is 9.86. The van der Waals surface area contributed by atoms with Crippen molar-refractivity contribution in [1.82, 2.24) is 10.2 Å². The smallest absolute Gasteiger partial charge is 0.416 e. The lowest BCUT2D eigenvalue weighted by atomic mass is 9.82. The second-order valence-corrected chi connectivity index (χ2v) is 9.86. The molecule has 2 aliphatic heterocycles. The maximum Gasteiger partial charge on any atom is 0.416 e. The predicted molar refractivity (Wildman–Crippen MR) is 127 cm³/mol. The van der Waals surface area contributed by atoms with Crippen molar-refractivity contribution in [3.8, 4) is 0 Å². The first-order valence-electron chi connectivity index (χ1n) is 12.5. The van der Waals surface area contributed by atoms with Crippen molar-refractivity contribution in [2.75, 3.05) is 26.2 Å². The van der Waals surface area contributed by atoms with Crippen LogP contribution in [0.1, 0.15) is 61.0 Å². The molecule has 2 aromatic rings. The summed E-state index contributed by atoms with van der Waals surface area (Å²) in [5, 5.41) is 3.39. The van der Waals surface area contributed by atoms with Gasteiger partial charge < -0.3 is 19.7 Å². The number of piperidine rings is 1. The van der Waals surface area contributed by atoms with Gasteiger partial charge in [-0.15, -0.1) is 0 Å². The van der Waals surface area contributed by atoms with Crippen LogP contribution >= 0.6 is 0 Å². The fraction of sp³-hybridized carbons (Fsp3) is 0.519. The van der Waals surface area contributed by atoms with Crippen molar-refractivity contribution in [3.05, 3.63) is 70.8 Å². The van der Waals surface area contributed by atoms with Gasteiger partial charge in [-0.3, -0.25) is 0 Å². The van der Waals surface area contributed by atoms with Gasteiger partial charge in [0.05, 0.1) is 29.4 Å². The summed E-state index contributed by atoms with van der Waals surface area (Å²) < 4.78 is 91.6. The second kappa shape index (κ2) is 11.1. The van der Waals surface area contributed by atoms with Gasteiger partial charge in [0.1, 0.15) is 6.10 Å². The number of hydrogen-bond donors (Lipinski definition) is 1. The molecule has 4 rings (SSSR count). The predicted octanol–water partition coefficient (Wildman–Crippen LogP) is 6.68. The standard InChI is InChI=1S/C27H30F6N2O3/c1-18(19-13-21(26(28,29)30)15-22(14-19)27(31,32)33)37-17-25(20-7-3-2-4-8-20)10-9-23(16-34-25)38-24(36)35-11-5-6-12-35/h2-4,7-8,13-15,18,23,34H,5-6,9-12,16-17H2,1H3. The normalized spacial score (nSPS) is 23.3. The molecule has 2 heterocycles. The van der Waals surface area contributed by atoms with E-state index in [9.17, 15) is 31.1 Å². The van der Waals surface area contributed by atoms with Crippen LogP contribution in [0.25, 0.3) is 0 Å². The quantitative estimate of drug-likeness (QED) is 0.412. The highest BCUT2D eigenvalue weighted by Gasteiger charge is 2.40. The molecular weight excluding hydrogens is 514 g/mol. The minimum Gasteiger partial charge on any atom is -0.445 e. The molecule has 3 atom stereocenters. The number of alkyl halides is 6. The number of nitrogens with one attached hydrogen (secondary N) is 1. The third-order valence-electron chi connectivity index (χ3n) is 7.18. The summed E-state index contributed by atoms with van der Waals surface area (Å²) in [5.41, 5.74) is -2.89. The first-order valence-corrected chi connectivity index (χ1v) is 12.5. The lowest BCUT2D eigenvalue weighted by Gasteiger charge is -2.42. The van der Waals surface area contributed by atoms with Gasteiger partial charge >= 0.3 is 18.4 Å². The first kappa shape index (κ1) is 28.2. The van der Waals surface area contributed by atoms with Gasteiger partial charge in [0.2, 0.25) is 0 Å². The highest BCUT2D eigenvalue weighted by molar-refractivity contribution is 5.68. The van der Waals surface area contributed by atoms with E-state index < -0.39 is 35.1 Å². The lowest BCUT2D eigenvalue weighted by Crippen LogP contribution is -2.54. The summed E-state index contributed by atoms with van der Waals surface area (Å²) in [7, 11) is 0. The highest BCUT2D eigenvalue weighted by Crippen LogP contribution is 2.39. The Balaban J connectivity index is 1.49. The molecule has 11 heteroatoms. The Bertz CT molecular complexity index is 1060. The van der Waals surface area contributed by atoms with Crippen LogP contribution in [0.2, 0.25) is 0 Å². The van der Waals surface area contributed by atoms with Crippen LogP contribution in [-0.4, -0.2) is 43.3 Å². The van der Waals surface area contributed by atoms with Crippen LogP contribution in [0.5, 0.6) is 0 Å². The zero-order valence-corrected chi connectivity index (χ0v) is 20.9. The molecule has 0 radical (unpaired) electrons. The van der Waals surface area contributed by atoms with Crippen LogP contribution in [0.3, 0.4) is 0 Å². The van der Waals surface area contributed by atoms with Gasteiger partial charge in [-0.25, -0.2) is 4.79 Å². The highest BCUT2D eigenvalue weighted by atomic mass is 19.4. The Labute approximate surface area is 217 Å². The fourth-order valence-electron chi connectivity index (χ4n) is 4.91. The van der Waals surface area contributed by atoms with E-state index >= 15 is 0 Å². The summed E-state index contributed by atoms with van der Waals surface area (Å²) in [4.78, 5) is 14.1. The van der Waals surface area contributed by atoms with E-state index in [4.69, 9.17) is 9.47 Å². The number of hydrogen-bond acceptors (Lipinski definition) is 4. The largest absolute Gasteiger partial charge is 0.445 e. The number of carbonyl (C=O) groups excluding carboxylic acids is 1. The maximum atomic E-state index is 13.3. The third kappa shape index (κ3) is 6.61. The van der Waals surface area contributed by atoms with Crippen LogP contribution < -0.4 is 5.32 Å². The molecule has 38 heavy (non-hydrogen) atoms. The number of halogens is 6. The van der Waals surface area contributed by atoms with E-state index in [0.29, 0.717) is 44.6 Å². The van der Waals surface area contributed by atoms with Crippen LogP contribution in [-0.2, 0) is 27.4 Å². The van der Waals surface area contributed by atoms with Gasteiger partial charge in [-0.1, -0.05) is 30.3 Å². The molecule has 2 saturated heterocycles. The van der Waals surface area contributed by atoms with Crippen molar-refractivity contribution in [3.63, 3.8) is 0 Å².